The van der Waals surface area contributed by atoms with Crippen LogP contribution in [-0.2, 0) is 16.1 Å². The molecule has 0 saturated heterocycles. The lowest BCUT2D eigenvalue weighted by Gasteiger charge is -2.30. The summed E-state index contributed by atoms with van der Waals surface area (Å²) in [6, 6.07) is 12.0. The monoisotopic (exact) mass is 432 g/mol. The number of hydrogen-bond acceptors (Lipinski definition) is 3. The summed E-state index contributed by atoms with van der Waals surface area (Å²) in [6.07, 6.45) is 0. The van der Waals surface area contributed by atoms with Crippen molar-refractivity contribution in [1.29, 1.82) is 0 Å². The molecule has 0 unspecified atom stereocenters. The molecule has 1 aliphatic rings. The van der Waals surface area contributed by atoms with E-state index in [0.717, 1.165) is 5.56 Å². The van der Waals surface area contributed by atoms with E-state index in [0.29, 0.717) is 28.7 Å². The Morgan fingerprint density at radius 3 is 2.65 bits per heavy atom. The standard InChI is InChI=1S/C17H12Cl4N2O3/c18-11-3-1-2-10(6-11)8-23-13-7-12(22-16(25)17(19,20)21)4-5-14(13)26-9-15(23)24/h1-7H,8-9H2,(H,22,25). The Morgan fingerprint density at radius 1 is 1.19 bits per heavy atom. The SMILES string of the molecule is O=C1COc2ccc(NC(=O)C(Cl)(Cl)Cl)cc2N1Cc1cccc(Cl)c1. The average molecular weight is 434 g/mol. The van der Waals surface area contributed by atoms with Gasteiger partial charge in [0.1, 0.15) is 5.75 Å². The number of nitrogens with one attached hydrogen (secondary N) is 1. The smallest absolute Gasteiger partial charge is 0.276 e. The first-order valence-electron chi connectivity index (χ1n) is 7.44. The highest BCUT2D eigenvalue weighted by Crippen LogP contribution is 2.36. The number of amides is 2. The highest BCUT2D eigenvalue weighted by atomic mass is 35.6. The maximum absolute atomic E-state index is 12.4. The normalized spacial score (nSPS) is 13.8. The molecule has 0 aliphatic carbocycles. The minimum atomic E-state index is -2.09. The van der Waals surface area contributed by atoms with Crippen molar-refractivity contribution in [2.24, 2.45) is 0 Å². The molecule has 5 nitrogen and oxygen atoms in total. The summed E-state index contributed by atoms with van der Waals surface area (Å²) in [6.45, 7) is 0.227. The van der Waals surface area contributed by atoms with Crippen molar-refractivity contribution in [1.82, 2.24) is 0 Å². The van der Waals surface area contributed by atoms with Crippen molar-refractivity contribution in [2.75, 3.05) is 16.8 Å². The fraction of sp³-hybridized carbons (Fsp3) is 0.176. The van der Waals surface area contributed by atoms with Crippen LogP contribution < -0.4 is 15.0 Å². The molecule has 0 spiro atoms. The predicted octanol–water partition coefficient (Wildman–Crippen LogP) is 4.57. The van der Waals surface area contributed by atoms with E-state index in [1.54, 1.807) is 41.3 Å². The molecule has 0 atom stereocenters. The molecule has 3 rings (SSSR count). The molecule has 26 heavy (non-hydrogen) atoms. The molecule has 0 aromatic heterocycles. The Morgan fingerprint density at radius 2 is 1.96 bits per heavy atom. The number of benzene rings is 2. The second kappa shape index (κ2) is 7.53. The van der Waals surface area contributed by atoms with Crippen LogP contribution in [0.15, 0.2) is 42.5 Å². The summed E-state index contributed by atoms with van der Waals surface area (Å²) in [5.41, 5.74) is 1.73. The van der Waals surface area contributed by atoms with Crippen LogP contribution in [0.2, 0.25) is 5.02 Å². The van der Waals surface area contributed by atoms with Crippen molar-refractivity contribution in [2.45, 2.75) is 10.3 Å². The molecule has 1 N–H and O–H groups in total. The molecular formula is C17H12Cl4N2O3. The van der Waals surface area contributed by atoms with Gasteiger partial charge in [0, 0.05) is 10.7 Å². The lowest BCUT2D eigenvalue weighted by atomic mass is 10.1. The van der Waals surface area contributed by atoms with Crippen LogP contribution in [-0.4, -0.2) is 22.2 Å². The van der Waals surface area contributed by atoms with Crippen molar-refractivity contribution in [3.63, 3.8) is 0 Å². The molecule has 2 aromatic carbocycles. The van der Waals surface area contributed by atoms with Crippen LogP contribution in [0.1, 0.15) is 5.56 Å². The van der Waals surface area contributed by atoms with E-state index in [1.165, 1.54) is 0 Å². The lowest BCUT2D eigenvalue weighted by molar-refractivity contribution is -0.121. The third kappa shape index (κ3) is 4.35. The van der Waals surface area contributed by atoms with Crippen LogP contribution >= 0.6 is 46.4 Å². The van der Waals surface area contributed by atoms with E-state index in [9.17, 15) is 9.59 Å². The third-order valence-corrected chi connectivity index (χ3v) is 4.40. The van der Waals surface area contributed by atoms with Gasteiger partial charge in [0.2, 0.25) is 0 Å². The Labute approximate surface area is 169 Å². The number of anilines is 2. The second-order valence-electron chi connectivity index (χ2n) is 5.53. The Kier molecular flexibility index (Phi) is 5.53. The van der Waals surface area contributed by atoms with Gasteiger partial charge in [-0.05, 0) is 35.9 Å². The summed E-state index contributed by atoms with van der Waals surface area (Å²) >= 11 is 22.7. The maximum atomic E-state index is 12.4. The molecule has 1 heterocycles. The Balaban J connectivity index is 1.90. The Bertz CT molecular complexity index is 867. The molecule has 1 aliphatic heterocycles. The van der Waals surface area contributed by atoms with Crippen LogP contribution in [0.5, 0.6) is 5.75 Å². The van der Waals surface area contributed by atoms with Crippen LogP contribution in [0.25, 0.3) is 0 Å². The molecule has 0 fully saturated rings. The number of fused-ring (bicyclic) bond motifs is 1. The first kappa shape index (κ1) is 19.1. The molecule has 0 bridgehead atoms. The minimum absolute atomic E-state index is 0.0760. The molecule has 0 saturated carbocycles. The number of rotatable bonds is 3. The average Bonchev–Trinajstić information content (AvgIpc) is 2.57. The van der Waals surface area contributed by atoms with Crippen LogP contribution in [0.4, 0.5) is 11.4 Å². The van der Waals surface area contributed by atoms with Crippen molar-refractivity contribution in [3.8, 4) is 5.75 Å². The number of hydrogen-bond donors (Lipinski definition) is 1. The van der Waals surface area contributed by atoms with Gasteiger partial charge in [-0.25, -0.2) is 0 Å². The third-order valence-electron chi connectivity index (χ3n) is 3.65. The van der Waals surface area contributed by atoms with Crippen molar-refractivity contribution < 1.29 is 14.3 Å². The van der Waals surface area contributed by atoms with E-state index < -0.39 is 9.70 Å². The van der Waals surface area contributed by atoms with Crippen molar-refractivity contribution in [3.05, 3.63) is 53.1 Å². The highest BCUT2D eigenvalue weighted by molar-refractivity contribution is 6.76. The van der Waals surface area contributed by atoms with Gasteiger partial charge in [-0.2, -0.15) is 0 Å². The van der Waals surface area contributed by atoms with Gasteiger partial charge in [0.05, 0.1) is 12.2 Å². The zero-order valence-corrected chi connectivity index (χ0v) is 16.2. The maximum Gasteiger partial charge on any atom is 0.276 e. The van der Waals surface area contributed by atoms with Gasteiger partial charge in [0.15, 0.2) is 6.61 Å². The second-order valence-corrected chi connectivity index (χ2v) is 8.25. The molecule has 136 valence electrons. The zero-order valence-electron chi connectivity index (χ0n) is 13.1. The van der Waals surface area contributed by atoms with Gasteiger partial charge >= 0.3 is 0 Å². The molecule has 2 amide bonds. The van der Waals surface area contributed by atoms with E-state index in [-0.39, 0.29) is 12.5 Å². The summed E-state index contributed by atoms with van der Waals surface area (Å²) in [5.74, 6) is -0.507. The summed E-state index contributed by atoms with van der Waals surface area (Å²) in [7, 11) is 0. The predicted molar refractivity (Wildman–Crippen MR) is 103 cm³/mol. The quantitative estimate of drug-likeness (QED) is 0.721. The van der Waals surface area contributed by atoms with E-state index in [1.807, 2.05) is 6.07 Å². The molecule has 9 heteroatoms. The fourth-order valence-corrected chi connectivity index (χ4v) is 2.83. The first-order valence-corrected chi connectivity index (χ1v) is 8.95. The van der Waals surface area contributed by atoms with Crippen molar-refractivity contribution >= 4 is 69.6 Å². The number of carbonyl (C=O) groups is 2. The summed E-state index contributed by atoms with van der Waals surface area (Å²) in [5, 5.41) is 3.07. The number of halogens is 4. The number of alkyl halides is 3. The summed E-state index contributed by atoms with van der Waals surface area (Å²) < 4.78 is 3.35. The number of carbonyl (C=O) groups excluding carboxylic acids is 2. The number of nitrogens with zero attached hydrogens (tertiary/aromatic N) is 1. The molecule has 2 aromatic rings. The highest BCUT2D eigenvalue weighted by Gasteiger charge is 2.31. The summed E-state index contributed by atoms with van der Waals surface area (Å²) in [4.78, 5) is 25.8. The van der Waals surface area contributed by atoms with E-state index in [4.69, 9.17) is 51.1 Å². The largest absolute Gasteiger partial charge is 0.482 e. The first-order chi connectivity index (χ1) is 12.2. The van der Waals surface area contributed by atoms with Gasteiger partial charge < -0.3 is 15.0 Å². The van der Waals surface area contributed by atoms with E-state index >= 15 is 0 Å². The van der Waals surface area contributed by atoms with Gasteiger partial charge in [-0.3, -0.25) is 9.59 Å². The lowest BCUT2D eigenvalue weighted by Crippen LogP contribution is -2.38. The van der Waals surface area contributed by atoms with Crippen LogP contribution in [0, 0.1) is 0 Å². The Hall–Kier alpha value is -1.66. The van der Waals surface area contributed by atoms with E-state index in [2.05, 4.69) is 5.32 Å². The topological polar surface area (TPSA) is 58.6 Å². The van der Waals surface area contributed by atoms with Gasteiger partial charge in [-0.1, -0.05) is 58.5 Å². The fourth-order valence-electron chi connectivity index (χ4n) is 2.47. The molecule has 0 radical (unpaired) electrons. The van der Waals surface area contributed by atoms with Crippen LogP contribution in [0.3, 0.4) is 0 Å². The van der Waals surface area contributed by atoms with Gasteiger partial charge in [-0.15, -0.1) is 0 Å². The van der Waals surface area contributed by atoms with Gasteiger partial charge in [0.25, 0.3) is 15.6 Å². The molecular weight excluding hydrogens is 422 g/mol. The minimum Gasteiger partial charge on any atom is -0.482 e. The number of ether oxygens (including phenoxy) is 1. The zero-order chi connectivity index (χ0) is 18.9.